The molecule has 7 heteroatoms. The molecule has 1 aliphatic rings. The van der Waals surface area contributed by atoms with Crippen LogP contribution in [0.2, 0.25) is 0 Å². The number of nitrogens with zero attached hydrogens (tertiary/aromatic N) is 4. The lowest BCUT2D eigenvalue weighted by molar-refractivity contribution is -0.129. The molecule has 1 aromatic carbocycles. The summed E-state index contributed by atoms with van der Waals surface area (Å²) in [5, 5.41) is 2.87. The SMILES string of the molecule is CC(=O)N1CCN(c2cc(C(=O)NCc3ccccc3)ncn2)CC1. The number of piperazine rings is 1. The molecule has 1 fully saturated rings. The minimum atomic E-state index is -0.227. The highest BCUT2D eigenvalue weighted by Gasteiger charge is 2.20. The number of hydrogen-bond acceptors (Lipinski definition) is 5. The maximum Gasteiger partial charge on any atom is 0.270 e. The number of aromatic nitrogens is 2. The molecule has 0 radical (unpaired) electrons. The van der Waals surface area contributed by atoms with Crippen LogP contribution in [0.5, 0.6) is 0 Å². The molecule has 1 N–H and O–H groups in total. The molecule has 0 unspecified atom stereocenters. The van der Waals surface area contributed by atoms with Crippen LogP contribution >= 0.6 is 0 Å². The van der Waals surface area contributed by atoms with E-state index < -0.39 is 0 Å². The van der Waals surface area contributed by atoms with E-state index in [-0.39, 0.29) is 11.8 Å². The molecule has 7 nitrogen and oxygen atoms in total. The topological polar surface area (TPSA) is 78.4 Å². The second kappa shape index (κ2) is 7.74. The van der Waals surface area contributed by atoms with Gasteiger partial charge in [0.15, 0.2) is 0 Å². The number of benzene rings is 1. The Bertz CT molecular complexity index is 742. The number of nitrogens with one attached hydrogen (secondary N) is 1. The van der Waals surface area contributed by atoms with Gasteiger partial charge in [-0.25, -0.2) is 9.97 Å². The van der Waals surface area contributed by atoms with Crippen molar-refractivity contribution in [1.29, 1.82) is 0 Å². The first-order valence-corrected chi connectivity index (χ1v) is 8.28. The Morgan fingerprint density at radius 1 is 1.08 bits per heavy atom. The summed E-state index contributed by atoms with van der Waals surface area (Å²) in [5.74, 6) is 0.571. The van der Waals surface area contributed by atoms with Gasteiger partial charge in [0.05, 0.1) is 0 Å². The molecular formula is C18H21N5O2. The standard InChI is InChI=1S/C18H21N5O2/c1-14(24)22-7-9-23(10-8-22)17-11-16(20-13-21-17)18(25)19-12-15-5-3-2-4-6-15/h2-6,11,13H,7-10,12H2,1H3,(H,19,25). The van der Waals surface area contributed by atoms with Gasteiger partial charge in [0.25, 0.3) is 5.91 Å². The Labute approximate surface area is 146 Å². The van der Waals surface area contributed by atoms with Crippen LogP contribution in [0.3, 0.4) is 0 Å². The van der Waals surface area contributed by atoms with Gasteiger partial charge in [-0.05, 0) is 5.56 Å². The van der Waals surface area contributed by atoms with Gasteiger partial charge in [-0.2, -0.15) is 0 Å². The zero-order valence-electron chi connectivity index (χ0n) is 14.2. The van der Waals surface area contributed by atoms with Crippen molar-refractivity contribution >= 4 is 17.6 Å². The third-order valence-electron chi connectivity index (χ3n) is 4.23. The highest BCUT2D eigenvalue weighted by Crippen LogP contribution is 2.14. The van der Waals surface area contributed by atoms with Crippen molar-refractivity contribution in [2.45, 2.75) is 13.5 Å². The molecule has 0 saturated carbocycles. The van der Waals surface area contributed by atoms with E-state index in [1.165, 1.54) is 6.33 Å². The first-order chi connectivity index (χ1) is 12.1. The summed E-state index contributed by atoms with van der Waals surface area (Å²) in [6.07, 6.45) is 1.41. The summed E-state index contributed by atoms with van der Waals surface area (Å²) >= 11 is 0. The molecule has 1 aromatic heterocycles. The van der Waals surface area contributed by atoms with Crippen molar-refractivity contribution in [3.8, 4) is 0 Å². The lowest BCUT2D eigenvalue weighted by atomic mass is 10.2. The highest BCUT2D eigenvalue weighted by molar-refractivity contribution is 5.92. The average molecular weight is 339 g/mol. The van der Waals surface area contributed by atoms with E-state index in [1.54, 1.807) is 13.0 Å². The molecule has 0 bridgehead atoms. The van der Waals surface area contributed by atoms with Crippen LogP contribution in [0.4, 0.5) is 5.82 Å². The summed E-state index contributed by atoms with van der Waals surface area (Å²) < 4.78 is 0. The Morgan fingerprint density at radius 3 is 2.48 bits per heavy atom. The maximum absolute atomic E-state index is 12.3. The van der Waals surface area contributed by atoms with Crippen LogP contribution in [0.25, 0.3) is 0 Å². The minimum Gasteiger partial charge on any atom is -0.353 e. The third-order valence-corrected chi connectivity index (χ3v) is 4.23. The summed E-state index contributed by atoms with van der Waals surface area (Å²) in [7, 11) is 0. The average Bonchev–Trinajstić information content (AvgIpc) is 2.67. The van der Waals surface area contributed by atoms with Crippen molar-refractivity contribution in [3.05, 3.63) is 54.0 Å². The van der Waals surface area contributed by atoms with Crippen molar-refractivity contribution < 1.29 is 9.59 Å². The van der Waals surface area contributed by atoms with Gasteiger partial charge in [-0.15, -0.1) is 0 Å². The number of amides is 2. The zero-order chi connectivity index (χ0) is 17.6. The lowest BCUT2D eigenvalue weighted by Gasteiger charge is -2.34. The number of carbonyl (C=O) groups excluding carboxylic acids is 2. The van der Waals surface area contributed by atoms with Gasteiger partial charge in [-0.3, -0.25) is 9.59 Å². The van der Waals surface area contributed by atoms with Gasteiger partial charge in [-0.1, -0.05) is 30.3 Å². The minimum absolute atomic E-state index is 0.0864. The second-order valence-corrected chi connectivity index (χ2v) is 5.92. The monoisotopic (exact) mass is 339 g/mol. The van der Waals surface area contributed by atoms with Crippen molar-refractivity contribution in [1.82, 2.24) is 20.2 Å². The molecule has 1 saturated heterocycles. The molecule has 2 amide bonds. The number of rotatable bonds is 4. The van der Waals surface area contributed by atoms with Gasteiger partial charge < -0.3 is 15.1 Å². The molecule has 2 heterocycles. The Balaban J connectivity index is 1.61. The van der Waals surface area contributed by atoms with Crippen LogP contribution in [-0.4, -0.2) is 52.9 Å². The normalized spacial score (nSPS) is 14.3. The number of hydrogen-bond donors (Lipinski definition) is 1. The largest absolute Gasteiger partial charge is 0.353 e. The zero-order valence-corrected chi connectivity index (χ0v) is 14.2. The van der Waals surface area contributed by atoms with Crippen LogP contribution in [0.15, 0.2) is 42.7 Å². The van der Waals surface area contributed by atoms with E-state index >= 15 is 0 Å². The van der Waals surface area contributed by atoms with Gasteiger partial charge >= 0.3 is 0 Å². The van der Waals surface area contributed by atoms with E-state index in [0.717, 1.165) is 5.56 Å². The molecule has 0 spiro atoms. The lowest BCUT2D eigenvalue weighted by Crippen LogP contribution is -2.48. The molecule has 25 heavy (non-hydrogen) atoms. The van der Waals surface area contributed by atoms with E-state index in [1.807, 2.05) is 35.2 Å². The fourth-order valence-corrected chi connectivity index (χ4v) is 2.76. The fraction of sp³-hybridized carbons (Fsp3) is 0.333. The molecule has 2 aromatic rings. The summed E-state index contributed by atoms with van der Waals surface area (Å²) in [6.45, 7) is 4.75. The van der Waals surface area contributed by atoms with Crippen LogP contribution in [-0.2, 0) is 11.3 Å². The van der Waals surface area contributed by atoms with Crippen molar-refractivity contribution in [3.63, 3.8) is 0 Å². The third kappa shape index (κ3) is 4.32. The smallest absolute Gasteiger partial charge is 0.270 e. The summed E-state index contributed by atoms with van der Waals surface area (Å²) in [4.78, 5) is 35.9. The van der Waals surface area contributed by atoms with E-state index in [9.17, 15) is 9.59 Å². The van der Waals surface area contributed by atoms with Crippen molar-refractivity contribution in [2.75, 3.05) is 31.1 Å². The predicted molar refractivity (Wildman–Crippen MR) is 94.1 cm³/mol. The van der Waals surface area contributed by atoms with Gasteiger partial charge in [0.2, 0.25) is 5.91 Å². The van der Waals surface area contributed by atoms with Crippen LogP contribution in [0, 0.1) is 0 Å². The fourth-order valence-electron chi connectivity index (χ4n) is 2.76. The molecular weight excluding hydrogens is 318 g/mol. The first kappa shape index (κ1) is 16.9. The van der Waals surface area contributed by atoms with Crippen molar-refractivity contribution in [2.24, 2.45) is 0 Å². The second-order valence-electron chi connectivity index (χ2n) is 5.92. The Hall–Kier alpha value is -2.96. The van der Waals surface area contributed by atoms with Crippen LogP contribution < -0.4 is 10.2 Å². The van der Waals surface area contributed by atoms with Gasteiger partial charge in [0.1, 0.15) is 17.8 Å². The molecule has 0 atom stereocenters. The van der Waals surface area contributed by atoms with Crippen LogP contribution in [0.1, 0.15) is 23.0 Å². The summed E-state index contributed by atoms with van der Waals surface area (Å²) in [5.41, 5.74) is 1.38. The summed E-state index contributed by atoms with van der Waals surface area (Å²) in [6, 6.07) is 11.4. The molecule has 130 valence electrons. The highest BCUT2D eigenvalue weighted by atomic mass is 16.2. The predicted octanol–water partition coefficient (Wildman–Crippen LogP) is 1.08. The Kier molecular flexibility index (Phi) is 5.23. The molecule has 1 aliphatic heterocycles. The van der Waals surface area contributed by atoms with Gasteiger partial charge in [0, 0.05) is 45.7 Å². The first-order valence-electron chi connectivity index (χ1n) is 8.28. The Morgan fingerprint density at radius 2 is 1.80 bits per heavy atom. The van der Waals surface area contributed by atoms with E-state index in [0.29, 0.717) is 44.2 Å². The number of carbonyl (C=O) groups is 2. The van der Waals surface area contributed by atoms with E-state index in [4.69, 9.17) is 0 Å². The maximum atomic E-state index is 12.3. The van der Waals surface area contributed by atoms with E-state index in [2.05, 4.69) is 20.2 Å². The quantitative estimate of drug-likeness (QED) is 0.902. The number of anilines is 1. The molecule has 3 rings (SSSR count). The molecule has 0 aliphatic carbocycles.